The van der Waals surface area contributed by atoms with Crippen LogP contribution >= 0.6 is 0 Å². The number of ether oxygens (including phenoxy) is 1. The molecule has 4 heteroatoms. The summed E-state index contributed by atoms with van der Waals surface area (Å²) < 4.78 is 5.27. The topological polar surface area (TPSA) is 66.8 Å². The van der Waals surface area contributed by atoms with Crippen molar-refractivity contribution in [3.05, 3.63) is 0 Å². The number of aliphatic carboxylic acids is 1. The minimum absolute atomic E-state index is 0.00102. The fraction of sp³-hybridized carbons (Fsp3) is 0.889. The molecule has 13 heavy (non-hydrogen) atoms. The maximum Gasteiger partial charge on any atom is 0.303 e. The van der Waals surface area contributed by atoms with Crippen molar-refractivity contribution in [1.29, 1.82) is 0 Å². The lowest BCUT2D eigenvalue weighted by atomic mass is 9.95. The standard InChI is InChI=1S/C9H16O4/c1-6(5-8(10)11)9(12)7-3-2-4-13-7/h6-7,9,12H,2-5H2,1H3,(H,10,11). The number of aliphatic hydroxyl groups is 1. The Bertz CT molecular complexity index is 174. The Morgan fingerprint density at radius 1 is 1.69 bits per heavy atom. The summed E-state index contributed by atoms with van der Waals surface area (Å²) in [5, 5.41) is 18.2. The summed E-state index contributed by atoms with van der Waals surface area (Å²) in [7, 11) is 0. The van der Waals surface area contributed by atoms with Crippen molar-refractivity contribution in [2.75, 3.05) is 6.61 Å². The SMILES string of the molecule is CC(CC(=O)O)C(O)C1CCCO1. The molecule has 0 aromatic rings. The van der Waals surface area contributed by atoms with Gasteiger partial charge in [0.1, 0.15) is 0 Å². The van der Waals surface area contributed by atoms with E-state index < -0.39 is 12.1 Å². The molecule has 2 N–H and O–H groups in total. The molecule has 0 aliphatic carbocycles. The van der Waals surface area contributed by atoms with Gasteiger partial charge in [0.05, 0.1) is 18.6 Å². The van der Waals surface area contributed by atoms with Gasteiger partial charge in [-0.2, -0.15) is 0 Å². The van der Waals surface area contributed by atoms with Crippen LogP contribution in [0, 0.1) is 5.92 Å². The first-order valence-electron chi connectivity index (χ1n) is 4.62. The monoisotopic (exact) mass is 188 g/mol. The van der Waals surface area contributed by atoms with Crippen molar-refractivity contribution in [3.63, 3.8) is 0 Å². The van der Waals surface area contributed by atoms with Crippen LogP contribution in [0.5, 0.6) is 0 Å². The van der Waals surface area contributed by atoms with Crippen LogP contribution in [-0.2, 0) is 9.53 Å². The summed E-state index contributed by atoms with van der Waals surface area (Å²) in [6.45, 7) is 2.42. The van der Waals surface area contributed by atoms with Gasteiger partial charge >= 0.3 is 5.97 Å². The molecule has 1 rings (SSSR count). The number of carboxylic acids is 1. The van der Waals surface area contributed by atoms with Crippen LogP contribution in [0.2, 0.25) is 0 Å². The van der Waals surface area contributed by atoms with Crippen molar-refractivity contribution in [2.45, 2.75) is 38.4 Å². The number of rotatable bonds is 4. The molecule has 4 nitrogen and oxygen atoms in total. The van der Waals surface area contributed by atoms with E-state index in [1.165, 1.54) is 0 Å². The highest BCUT2D eigenvalue weighted by molar-refractivity contribution is 5.67. The molecule has 3 atom stereocenters. The van der Waals surface area contributed by atoms with Gasteiger partial charge in [-0.1, -0.05) is 6.92 Å². The molecule has 76 valence electrons. The van der Waals surface area contributed by atoms with Gasteiger partial charge in [0, 0.05) is 6.61 Å². The first kappa shape index (κ1) is 10.5. The molecular formula is C9H16O4. The number of aliphatic hydroxyl groups excluding tert-OH is 1. The minimum atomic E-state index is -0.871. The first-order valence-corrected chi connectivity index (χ1v) is 4.62. The molecule has 3 unspecified atom stereocenters. The van der Waals surface area contributed by atoms with Crippen molar-refractivity contribution in [3.8, 4) is 0 Å². The zero-order valence-electron chi connectivity index (χ0n) is 7.77. The third-order valence-corrected chi connectivity index (χ3v) is 2.43. The number of carboxylic acid groups (broad SMARTS) is 1. The average Bonchev–Trinajstić information content (AvgIpc) is 2.53. The molecule has 0 radical (unpaired) electrons. The van der Waals surface area contributed by atoms with Gasteiger partial charge in [-0.25, -0.2) is 0 Å². The third kappa shape index (κ3) is 2.97. The van der Waals surface area contributed by atoms with Crippen molar-refractivity contribution in [2.24, 2.45) is 5.92 Å². The van der Waals surface area contributed by atoms with Gasteiger partial charge < -0.3 is 14.9 Å². The lowest BCUT2D eigenvalue weighted by Crippen LogP contribution is -2.32. The minimum Gasteiger partial charge on any atom is -0.481 e. The van der Waals surface area contributed by atoms with Crippen LogP contribution in [0.1, 0.15) is 26.2 Å². The summed E-state index contributed by atoms with van der Waals surface area (Å²) in [5.41, 5.74) is 0. The predicted octanol–water partition coefficient (Wildman–Crippen LogP) is 0.637. The Labute approximate surface area is 77.5 Å². The lowest BCUT2D eigenvalue weighted by molar-refractivity contribution is -0.139. The summed E-state index contributed by atoms with van der Waals surface area (Å²) in [4.78, 5) is 10.4. The molecular weight excluding hydrogens is 172 g/mol. The maximum atomic E-state index is 10.4. The fourth-order valence-corrected chi connectivity index (χ4v) is 1.63. The van der Waals surface area contributed by atoms with Gasteiger partial charge in [-0.15, -0.1) is 0 Å². The predicted molar refractivity (Wildman–Crippen MR) is 46.4 cm³/mol. The number of hydrogen-bond acceptors (Lipinski definition) is 3. The zero-order chi connectivity index (χ0) is 9.84. The zero-order valence-corrected chi connectivity index (χ0v) is 7.77. The van der Waals surface area contributed by atoms with Crippen LogP contribution in [0.15, 0.2) is 0 Å². The van der Waals surface area contributed by atoms with E-state index in [2.05, 4.69) is 0 Å². The molecule has 1 aliphatic heterocycles. The van der Waals surface area contributed by atoms with Gasteiger partial charge in [0.15, 0.2) is 0 Å². The van der Waals surface area contributed by atoms with Gasteiger partial charge in [-0.3, -0.25) is 4.79 Å². The van der Waals surface area contributed by atoms with E-state index in [9.17, 15) is 9.90 Å². The highest BCUT2D eigenvalue weighted by atomic mass is 16.5. The van der Waals surface area contributed by atoms with Crippen LogP contribution in [0.25, 0.3) is 0 Å². The van der Waals surface area contributed by atoms with E-state index in [1.807, 2.05) is 0 Å². The first-order chi connectivity index (χ1) is 6.11. The van der Waals surface area contributed by atoms with Gasteiger partial charge in [0.25, 0.3) is 0 Å². The summed E-state index contributed by atoms with van der Waals surface area (Å²) >= 11 is 0. The second kappa shape index (κ2) is 4.58. The highest BCUT2D eigenvalue weighted by Crippen LogP contribution is 2.22. The molecule has 0 aromatic carbocycles. The summed E-state index contributed by atoms with van der Waals surface area (Å²) in [5.74, 6) is -1.11. The van der Waals surface area contributed by atoms with E-state index in [1.54, 1.807) is 6.92 Å². The second-order valence-electron chi connectivity index (χ2n) is 3.62. The van der Waals surface area contributed by atoms with E-state index in [4.69, 9.17) is 9.84 Å². The molecule has 1 aliphatic rings. The Kier molecular flexibility index (Phi) is 3.69. The number of carbonyl (C=O) groups is 1. The molecule has 1 heterocycles. The Balaban J connectivity index is 2.36. The van der Waals surface area contributed by atoms with E-state index >= 15 is 0 Å². The van der Waals surface area contributed by atoms with Crippen LogP contribution < -0.4 is 0 Å². The normalized spacial score (nSPS) is 27.1. The summed E-state index contributed by atoms with van der Waals surface area (Å²) in [6.07, 6.45) is 1.00. The Morgan fingerprint density at radius 3 is 2.85 bits per heavy atom. The Morgan fingerprint density at radius 2 is 2.38 bits per heavy atom. The molecule has 0 bridgehead atoms. The molecule has 1 saturated heterocycles. The Hall–Kier alpha value is -0.610. The lowest BCUT2D eigenvalue weighted by Gasteiger charge is -2.22. The van der Waals surface area contributed by atoms with E-state index in [0.29, 0.717) is 6.61 Å². The van der Waals surface area contributed by atoms with Crippen LogP contribution in [0.3, 0.4) is 0 Å². The van der Waals surface area contributed by atoms with Crippen molar-refractivity contribution < 1.29 is 19.7 Å². The quantitative estimate of drug-likeness (QED) is 0.679. The largest absolute Gasteiger partial charge is 0.481 e. The third-order valence-electron chi connectivity index (χ3n) is 2.43. The molecule has 0 aromatic heterocycles. The molecule has 0 spiro atoms. The van der Waals surface area contributed by atoms with Crippen molar-refractivity contribution >= 4 is 5.97 Å². The van der Waals surface area contributed by atoms with Crippen LogP contribution in [-0.4, -0.2) is 35.0 Å². The van der Waals surface area contributed by atoms with E-state index in [-0.39, 0.29) is 18.4 Å². The van der Waals surface area contributed by atoms with Gasteiger partial charge in [-0.05, 0) is 18.8 Å². The van der Waals surface area contributed by atoms with Crippen LogP contribution in [0.4, 0.5) is 0 Å². The van der Waals surface area contributed by atoms with Gasteiger partial charge in [0.2, 0.25) is 0 Å². The smallest absolute Gasteiger partial charge is 0.303 e. The molecule has 0 saturated carbocycles. The molecule has 0 amide bonds. The maximum absolute atomic E-state index is 10.4. The number of hydrogen-bond donors (Lipinski definition) is 2. The molecule has 1 fully saturated rings. The van der Waals surface area contributed by atoms with Crippen molar-refractivity contribution in [1.82, 2.24) is 0 Å². The fourth-order valence-electron chi connectivity index (χ4n) is 1.63. The highest BCUT2D eigenvalue weighted by Gasteiger charge is 2.29. The average molecular weight is 188 g/mol. The second-order valence-corrected chi connectivity index (χ2v) is 3.62. The summed E-state index contributed by atoms with van der Waals surface area (Å²) in [6, 6.07) is 0. The van der Waals surface area contributed by atoms with E-state index in [0.717, 1.165) is 12.8 Å².